The van der Waals surface area contributed by atoms with Crippen LogP contribution in [0.1, 0.15) is 16.1 Å². The van der Waals surface area contributed by atoms with Crippen molar-refractivity contribution in [3.05, 3.63) is 82.2 Å². The number of halogens is 2. The van der Waals surface area contributed by atoms with Gasteiger partial charge >= 0.3 is 0 Å². The molecule has 1 amide bonds. The zero-order valence-electron chi connectivity index (χ0n) is 13.0. The summed E-state index contributed by atoms with van der Waals surface area (Å²) in [6, 6.07) is 14.0. The molecule has 0 radical (unpaired) electrons. The highest BCUT2D eigenvalue weighted by Crippen LogP contribution is 2.27. The third-order valence-corrected chi connectivity index (χ3v) is 3.94. The smallest absolute Gasteiger partial charge is 0.253 e. The molecule has 0 aliphatic heterocycles. The van der Waals surface area contributed by atoms with Crippen molar-refractivity contribution in [3.63, 3.8) is 0 Å². The number of pyridine rings is 2. The zero-order valence-corrected chi connectivity index (χ0v) is 14.6. The van der Waals surface area contributed by atoms with E-state index in [2.05, 4.69) is 20.6 Å². The van der Waals surface area contributed by atoms with Crippen LogP contribution in [0.3, 0.4) is 0 Å². The highest BCUT2D eigenvalue weighted by Gasteiger charge is 2.07. The number of aromatic nitrogens is 2. The number of benzene rings is 1. The van der Waals surface area contributed by atoms with Crippen LogP contribution < -0.4 is 10.6 Å². The molecule has 0 aliphatic rings. The molecular formula is C18H14Cl2N4O. The van der Waals surface area contributed by atoms with Crippen molar-refractivity contribution in [3.8, 4) is 0 Å². The van der Waals surface area contributed by atoms with Crippen LogP contribution in [0.15, 0.2) is 60.9 Å². The first-order valence-electron chi connectivity index (χ1n) is 7.48. The Balaban J connectivity index is 1.63. The molecule has 3 aromatic rings. The third kappa shape index (κ3) is 4.68. The number of carbonyl (C=O) groups excluding carboxylic acids is 1. The first-order valence-corrected chi connectivity index (χ1v) is 8.23. The van der Waals surface area contributed by atoms with E-state index in [4.69, 9.17) is 23.2 Å². The summed E-state index contributed by atoms with van der Waals surface area (Å²) in [5.74, 6) is 0.343. The minimum Gasteiger partial charge on any atom is -0.346 e. The fourth-order valence-corrected chi connectivity index (χ4v) is 2.45. The summed E-state index contributed by atoms with van der Waals surface area (Å²) in [6.45, 7) is 0.359. The number of carbonyl (C=O) groups is 1. The van der Waals surface area contributed by atoms with Crippen molar-refractivity contribution in [2.24, 2.45) is 0 Å². The summed E-state index contributed by atoms with van der Waals surface area (Å²) < 4.78 is 0. The predicted molar refractivity (Wildman–Crippen MR) is 99.4 cm³/mol. The van der Waals surface area contributed by atoms with Crippen LogP contribution in [0.25, 0.3) is 0 Å². The maximum Gasteiger partial charge on any atom is 0.253 e. The van der Waals surface area contributed by atoms with E-state index < -0.39 is 0 Å². The van der Waals surface area contributed by atoms with E-state index in [-0.39, 0.29) is 5.91 Å². The van der Waals surface area contributed by atoms with Crippen LogP contribution in [-0.4, -0.2) is 15.9 Å². The second kappa shape index (κ2) is 7.96. The van der Waals surface area contributed by atoms with Crippen molar-refractivity contribution in [1.82, 2.24) is 15.3 Å². The van der Waals surface area contributed by atoms with Gasteiger partial charge in [0, 0.05) is 17.4 Å². The minimum absolute atomic E-state index is 0.217. The SMILES string of the molecule is O=C(NCc1ccccn1)c1ccc(Nc2cc(Cl)ccc2Cl)nc1. The van der Waals surface area contributed by atoms with Gasteiger partial charge in [0.05, 0.1) is 28.5 Å². The Bertz CT molecular complexity index is 870. The lowest BCUT2D eigenvalue weighted by Gasteiger charge is -2.09. The lowest BCUT2D eigenvalue weighted by molar-refractivity contribution is 0.0950. The molecule has 0 fully saturated rings. The van der Waals surface area contributed by atoms with Gasteiger partial charge in [-0.15, -0.1) is 0 Å². The number of nitrogens with zero attached hydrogens (tertiary/aromatic N) is 2. The van der Waals surface area contributed by atoms with Crippen molar-refractivity contribution >= 4 is 40.6 Å². The Morgan fingerprint density at radius 1 is 1.04 bits per heavy atom. The second-order valence-electron chi connectivity index (χ2n) is 5.19. The quantitative estimate of drug-likeness (QED) is 0.693. The minimum atomic E-state index is -0.217. The summed E-state index contributed by atoms with van der Waals surface area (Å²) in [5, 5.41) is 6.97. The van der Waals surface area contributed by atoms with Crippen LogP contribution >= 0.6 is 23.2 Å². The molecule has 0 saturated carbocycles. The first kappa shape index (κ1) is 17.2. The molecule has 0 unspecified atom stereocenters. The molecule has 2 N–H and O–H groups in total. The maximum atomic E-state index is 12.1. The molecule has 1 aromatic carbocycles. The molecule has 0 bridgehead atoms. The predicted octanol–water partition coefficient (Wildman–Crippen LogP) is 4.46. The van der Waals surface area contributed by atoms with Crippen LogP contribution in [0.4, 0.5) is 11.5 Å². The normalized spacial score (nSPS) is 10.3. The van der Waals surface area contributed by atoms with Crippen molar-refractivity contribution in [2.75, 3.05) is 5.32 Å². The van der Waals surface area contributed by atoms with E-state index in [1.807, 2.05) is 18.2 Å². The second-order valence-corrected chi connectivity index (χ2v) is 6.03. The molecule has 2 aromatic heterocycles. The summed E-state index contributed by atoms with van der Waals surface area (Å²) >= 11 is 12.1. The summed E-state index contributed by atoms with van der Waals surface area (Å²) in [7, 11) is 0. The Kier molecular flexibility index (Phi) is 5.48. The van der Waals surface area contributed by atoms with Gasteiger partial charge in [0.1, 0.15) is 5.82 Å². The Labute approximate surface area is 155 Å². The molecule has 126 valence electrons. The van der Waals surface area contributed by atoms with Gasteiger partial charge in [0.25, 0.3) is 5.91 Å². The Hall–Kier alpha value is -2.63. The molecule has 2 heterocycles. The summed E-state index contributed by atoms with van der Waals surface area (Å²) in [4.78, 5) is 20.5. The van der Waals surface area contributed by atoms with E-state index in [0.29, 0.717) is 33.7 Å². The average Bonchev–Trinajstić information content (AvgIpc) is 2.64. The molecule has 25 heavy (non-hydrogen) atoms. The zero-order chi connectivity index (χ0) is 17.6. The van der Waals surface area contributed by atoms with Gasteiger partial charge in [-0.25, -0.2) is 4.98 Å². The molecule has 7 heteroatoms. The highest BCUT2D eigenvalue weighted by atomic mass is 35.5. The monoisotopic (exact) mass is 372 g/mol. The summed E-state index contributed by atoms with van der Waals surface area (Å²) in [6.07, 6.45) is 3.18. The fraction of sp³-hybridized carbons (Fsp3) is 0.0556. The van der Waals surface area contributed by atoms with Gasteiger partial charge in [0.2, 0.25) is 0 Å². The highest BCUT2D eigenvalue weighted by molar-refractivity contribution is 6.35. The number of nitrogens with one attached hydrogen (secondary N) is 2. The lowest BCUT2D eigenvalue weighted by Crippen LogP contribution is -2.23. The Morgan fingerprint density at radius 2 is 1.92 bits per heavy atom. The van der Waals surface area contributed by atoms with Crippen molar-refractivity contribution in [2.45, 2.75) is 6.54 Å². The van der Waals surface area contributed by atoms with Gasteiger partial charge < -0.3 is 10.6 Å². The topological polar surface area (TPSA) is 66.9 Å². The van der Waals surface area contributed by atoms with Gasteiger partial charge in [-0.05, 0) is 42.5 Å². The van der Waals surface area contributed by atoms with Gasteiger partial charge in [-0.3, -0.25) is 9.78 Å². The standard InChI is InChI=1S/C18H14Cl2N4O/c19-13-5-6-15(20)16(9-13)24-17-7-4-12(10-22-17)18(25)23-11-14-3-1-2-8-21-14/h1-10H,11H2,(H,22,24)(H,23,25). The number of rotatable bonds is 5. The number of hydrogen-bond donors (Lipinski definition) is 2. The van der Waals surface area contributed by atoms with Gasteiger partial charge in [-0.1, -0.05) is 29.3 Å². The Morgan fingerprint density at radius 3 is 2.64 bits per heavy atom. The number of anilines is 2. The van der Waals surface area contributed by atoms with Crippen LogP contribution in [0.5, 0.6) is 0 Å². The van der Waals surface area contributed by atoms with E-state index >= 15 is 0 Å². The average molecular weight is 373 g/mol. The van der Waals surface area contributed by atoms with Crippen molar-refractivity contribution < 1.29 is 4.79 Å². The molecule has 3 rings (SSSR count). The van der Waals surface area contributed by atoms with E-state index in [9.17, 15) is 4.79 Å². The van der Waals surface area contributed by atoms with E-state index in [1.165, 1.54) is 6.20 Å². The summed E-state index contributed by atoms with van der Waals surface area (Å²) in [5.41, 5.74) is 1.89. The molecule has 0 aliphatic carbocycles. The van der Waals surface area contributed by atoms with Gasteiger partial charge in [0.15, 0.2) is 0 Å². The molecule has 0 saturated heterocycles. The van der Waals surface area contributed by atoms with E-state index in [0.717, 1.165) is 5.69 Å². The lowest BCUT2D eigenvalue weighted by atomic mass is 10.2. The van der Waals surface area contributed by atoms with Gasteiger partial charge in [-0.2, -0.15) is 0 Å². The molecule has 0 atom stereocenters. The van der Waals surface area contributed by atoms with Crippen LogP contribution in [0, 0.1) is 0 Å². The largest absolute Gasteiger partial charge is 0.346 e. The number of hydrogen-bond acceptors (Lipinski definition) is 4. The maximum absolute atomic E-state index is 12.1. The molecule has 5 nitrogen and oxygen atoms in total. The van der Waals surface area contributed by atoms with E-state index in [1.54, 1.807) is 36.5 Å². The first-order chi connectivity index (χ1) is 12.1. The molecule has 0 spiro atoms. The number of amides is 1. The van der Waals surface area contributed by atoms with Crippen LogP contribution in [-0.2, 0) is 6.54 Å². The van der Waals surface area contributed by atoms with Crippen molar-refractivity contribution in [1.29, 1.82) is 0 Å². The molecular weight excluding hydrogens is 359 g/mol. The third-order valence-electron chi connectivity index (χ3n) is 3.37. The van der Waals surface area contributed by atoms with Crippen LogP contribution in [0.2, 0.25) is 10.0 Å². The fourth-order valence-electron chi connectivity index (χ4n) is 2.11.